The van der Waals surface area contributed by atoms with E-state index in [9.17, 15) is 4.39 Å². The van der Waals surface area contributed by atoms with E-state index in [4.69, 9.17) is 0 Å². The molecule has 14 heavy (non-hydrogen) atoms. The Morgan fingerprint density at radius 1 is 1.50 bits per heavy atom. The van der Waals surface area contributed by atoms with Gasteiger partial charge in [0.25, 0.3) is 0 Å². The van der Waals surface area contributed by atoms with Crippen LogP contribution >= 0.6 is 0 Å². The first-order valence-electron chi connectivity index (χ1n) is 5.16. The van der Waals surface area contributed by atoms with Crippen LogP contribution in [0.25, 0.3) is 0 Å². The molecule has 0 aromatic heterocycles. The number of rotatable bonds is 2. The second-order valence-corrected chi connectivity index (χ2v) is 3.95. The number of halogens is 1. The summed E-state index contributed by atoms with van der Waals surface area (Å²) in [5.41, 5.74) is 2.32. The Labute approximate surface area is 84.6 Å². The van der Waals surface area contributed by atoms with Crippen LogP contribution in [0.5, 0.6) is 0 Å². The lowest BCUT2D eigenvalue weighted by molar-refractivity contribution is 0.382. The van der Waals surface area contributed by atoms with Crippen LogP contribution in [0.15, 0.2) is 35.6 Å². The van der Waals surface area contributed by atoms with Gasteiger partial charge in [-0.1, -0.05) is 17.7 Å². The number of hydrogen-bond donors (Lipinski definition) is 0. The number of likely N-dealkylation sites (N-methyl/N-ethyl adjacent to an activating group) is 1. The molecular formula is C12H16FN. The summed E-state index contributed by atoms with van der Waals surface area (Å²) in [4.78, 5) is 2.07. The van der Waals surface area contributed by atoms with Crippen molar-refractivity contribution in [2.75, 3.05) is 13.7 Å². The van der Waals surface area contributed by atoms with Gasteiger partial charge in [0, 0.05) is 7.05 Å². The molecule has 2 aliphatic rings. The molecule has 2 rings (SSSR count). The SMILES string of the molecule is CN1C=CC=CC1C(CF)=C1CCC1. The zero-order valence-corrected chi connectivity index (χ0v) is 8.54. The normalized spacial score (nSPS) is 25.1. The van der Waals surface area contributed by atoms with Crippen LogP contribution in [-0.2, 0) is 0 Å². The molecule has 1 aliphatic carbocycles. The predicted octanol–water partition coefficient (Wildman–Crippen LogP) is 2.82. The fourth-order valence-electron chi connectivity index (χ4n) is 2.00. The fourth-order valence-corrected chi connectivity index (χ4v) is 2.00. The highest BCUT2D eigenvalue weighted by atomic mass is 19.1. The highest BCUT2D eigenvalue weighted by Gasteiger charge is 2.22. The first kappa shape index (κ1) is 9.50. The van der Waals surface area contributed by atoms with E-state index in [0.717, 1.165) is 18.4 Å². The molecule has 1 aliphatic heterocycles. The molecule has 0 amide bonds. The zero-order valence-electron chi connectivity index (χ0n) is 8.54. The fraction of sp³-hybridized carbons (Fsp3) is 0.500. The molecule has 1 heterocycles. The Bertz CT molecular complexity index is 295. The van der Waals surface area contributed by atoms with Crippen molar-refractivity contribution in [2.24, 2.45) is 0 Å². The molecule has 1 nitrogen and oxygen atoms in total. The second-order valence-electron chi connectivity index (χ2n) is 3.95. The maximum Gasteiger partial charge on any atom is 0.113 e. The van der Waals surface area contributed by atoms with Crippen LogP contribution in [0.4, 0.5) is 4.39 Å². The van der Waals surface area contributed by atoms with Crippen molar-refractivity contribution < 1.29 is 4.39 Å². The van der Waals surface area contributed by atoms with Crippen LogP contribution in [0, 0.1) is 0 Å². The molecule has 0 aromatic carbocycles. The molecule has 0 N–H and O–H groups in total. The summed E-state index contributed by atoms with van der Waals surface area (Å²) in [6.07, 6.45) is 11.5. The number of alkyl halides is 1. The zero-order chi connectivity index (χ0) is 9.97. The van der Waals surface area contributed by atoms with Crippen molar-refractivity contribution in [2.45, 2.75) is 25.3 Å². The highest BCUT2D eigenvalue weighted by molar-refractivity contribution is 5.32. The molecule has 0 spiro atoms. The van der Waals surface area contributed by atoms with E-state index in [-0.39, 0.29) is 12.7 Å². The topological polar surface area (TPSA) is 3.24 Å². The van der Waals surface area contributed by atoms with Gasteiger partial charge in [0.05, 0.1) is 6.04 Å². The van der Waals surface area contributed by atoms with Gasteiger partial charge in [-0.15, -0.1) is 0 Å². The highest BCUT2D eigenvalue weighted by Crippen LogP contribution is 2.32. The van der Waals surface area contributed by atoms with Gasteiger partial charge in [0.1, 0.15) is 6.67 Å². The lowest BCUT2D eigenvalue weighted by Gasteiger charge is -2.32. The summed E-state index contributed by atoms with van der Waals surface area (Å²) in [5.74, 6) is 0. The third-order valence-corrected chi connectivity index (χ3v) is 3.08. The predicted molar refractivity (Wildman–Crippen MR) is 56.7 cm³/mol. The molecule has 76 valence electrons. The molecule has 2 heteroatoms. The van der Waals surface area contributed by atoms with Crippen molar-refractivity contribution in [1.29, 1.82) is 0 Å². The average molecular weight is 193 g/mol. The summed E-state index contributed by atoms with van der Waals surface area (Å²) in [5, 5.41) is 0. The molecular weight excluding hydrogens is 177 g/mol. The van der Waals surface area contributed by atoms with Crippen LogP contribution in [0.2, 0.25) is 0 Å². The van der Waals surface area contributed by atoms with E-state index in [1.165, 1.54) is 12.0 Å². The molecule has 0 saturated heterocycles. The average Bonchev–Trinajstić information content (AvgIpc) is 2.12. The number of hydrogen-bond acceptors (Lipinski definition) is 1. The van der Waals surface area contributed by atoms with Gasteiger partial charge >= 0.3 is 0 Å². The van der Waals surface area contributed by atoms with Gasteiger partial charge in [-0.3, -0.25) is 0 Å². The maximum atomic E-state index is 12.9. The van der Waals surface area contributed by atoms with E-state index >= 15 is 0 Å². The summed E-state index contributed by atoms with van der Waals surface area (Å²) in [6, 6.07) is 0.153. The summed E-state index contributed by atoms with van der Waals surface area (Å²) in [7, 11) is 2.00. The van der Waals surface area contributed by atoms with Gasteiger partial charge in [-0.2, -0.15) is 0 Å². The smallest absolute Gasteiger partial charge is 0.113 e. The first-order valence-corrected chi connectivity index (χ1v) is 5.16. The quantitative estimate of drug-likeness (QED) is 0.609. The Balaban J connectivity index is 2.19. The van der Waals surface area contributed by atoms with Gasteiger partial charge in [0.15, 0.2) is 0 Å². The van der Waals surface area contributed by atoms with Crippen molar-refractivity contribution in [3.8, 4) is 0 Å². The lowest BCUT2D eigenvalue weighted by atomic mass is 9.85. The minimum absolute atomic E-state index is 0.153. The van der Waals surface area contributed by atoms with E-state index in [2.05, 4.69) is 11.0 Å². The molecule has 0 bridgehead atoms. The maximum absolute atomic E-state index is 12.9. The van der Waals surface area contributed by atoms with Gasteiger partial charge in [0.2, 0.25) is 0 Å². The molecule has 0 radical (unpaired) electrons. The van der Waals surface area contributed by atoms with Crippen LogP contribution in [0.1, 0.15) is 19.3 Å². The van der Waals surface area contributed by atoms with Crippen molar-refractivity contribution in [1.82, 2.24) is 4.90 Å². The summed E-state index contributed by atoms with van der Waals surface area (Å²) in [6.45, 7) is -0.303. The molecule has 0 aromatic rings. The van der Waals surface area contributed by atoms with Crippen molar-refractivity contribution in [3.63, 3.8) is 0 Å². The molecule has 1 atom stereocenters. The van der Waals surface area contributed by atoms with Crippen molar-refractivity contribution >= 4 is 0 Å². The van der Waals surface area contributed by atoms with E-state index in [0.29, 0.717) is 0 Å². The monoisotopic (exact) mass is 193 g/mol. The number of nitrogens with zero attached hydrogens (tertiary/aromatic N) is 1. The standard InChI is InChI=1S/C12H16FN/c1-14-8-3-2-7-12(14)11(9-13)10-5-4-6-10/h2-3,7-8,12H,4-6,9H2,1H3. The third-order valence-electron chi connectivity index (χ3n) is 3.08. The molecule has 1 unspecified atom stereocenters. The summed E-state index contributed by atoms with van der Waals surface area (Å²) >= 11 is 0. The summed E-state index contributed by atoms with van der Waals surface area (Å²) < 4.78 is 12.9. The number of allylic oxidation sites excluding steroid dienone is 3. The second kappa shape index (κ2) is 3.99. The Kier molecular flexibility index (Phi) is 2.71. The minimum atomic E-state index is -0.303. The van der Waals surface area contributed by atoms with Crippen LogP contribution < -0.4 is 0 Å². The van der Waals surface area contributed by atoms with Crippen molar-refractivity contribution in [3.05, 3.63) is 35.6 Å². The van der Waals surface area contributed by atoms with Crippen LogP contribution in [0.3, 0.4) is 0 Å². The Morgan fingerprint density at radius 3 is 2.79 bits per heavy atom. The minimum Gasteiger partial charge on any atom is -0.370 e. The van der Waals surface area contributed by atoms with E-state index in [1.54, 1.807) is 0 Å². The molecule has 1 fully saturated rings. The largest absolute Gasteiger partial charge is 0.370 e. The third kappa shape index (κ3) is 1.61. The van der Waals surface area contributed by atoms with Gasteiger partial charge in [-0.05, 0) is 37.1 Å². The molecule has 1 saturated carbocycles. The lowest BCUT2D eigenvalue weighted by Crippen LogP contribution is -2.31. The van der Waals surface area contributed by atoms with E-state index < -0.39 is 0 Å². The van der Waals surface area contributed by atoms with Crippen LogP contribution in [-0.4, -0.2) is 24.7 Å². The Hall–Kier alpha value is -1.05. The Morgan fingerprint density at radius 2 is 2.29 bits per heavy atom. The first-order chi connectivity index (χ1) is 6.83. The van der Waals surface area contributed by atoms with Gasteiger partial charge in [-0.25, -0.2) is 4.39 Å². The van der Waals surface area contributed by atoms with E-state index in [1.807, 2.05) is 25.4 Å². The van der Waals surface area contributed by atoms with Gasteiger partial charge < -0.3 is 4.90 Å².